The van der Waals surface area contributed by atoms with Gasteiger partial charge in [-0.3, -0.25) is 9.59 Å². The average molecular weight is 401 g/mol. The Morgan fingerprint density at radius 2 is 1.47 bits per heavy atom. The fraction of sp³-hybridized carbons (Fsp3) is 0.0435. The third-order valence-electron chi connectivity index (χ3n) is 4.79. The molecule has 3 aromatic carbocycles. The van der Waals surface area contributed by atoms with Crippen molar-refractivity contribution in [1.29, 1.82) is 0 Å². The minimum atomic E-state index is -1.09. The van der Waals surface area contributed by atoms with E-state index in [1.54, 1.807) is 25.1 Å². The van der Waals surface area contributed by atoms with Crippen LogP contribution in [0.1, 0.15) is 47.0 Å². The van der Waals surface area contributed by atoms with Gasteiger partial charge in [0.25, 0.3) is 11.8 Å². The van der Waals surface area contributed by atoms with Gasteiger partial charge in [-0.15, -0.1) is 0 Å². The number of hydrogen-bond acceptors (Lipinski definition) is 5. The van der Waals surface area contributed by atoms with Gasteiger partial charge >= 0.3 is 11.9 Å². The van der Waals surface area contributed by atoms with Gasteiger partial charge in [-0.25, -0.2) is 14.5 Å². The highest BCUT2D eigenvalue weighted by atomic mass is 16.5. The van der Waals surface area contributed by atoms with Gasteiger partial charge in [-0.05, 0) is 61.0 Å². The van der Waals surface area contributed by atoms with Crippen molar-refractivity contribution in [3.63, 3.8) is 0 Å². The number of imide groups is 1. The molecule has 1 N–H and O–H groups in total. The summed E-state index contributed by atoms with van der Waals surface area (Å²) in [5.41, 5.74) is 1.77. The second-order valence-corrected chi connectivity index (χ2v) is 6.71. The van der Waals surface area contributed by atoms with Gasteiger partial charge in [-0.1, -0.05) is 18.2 Å². The Morgan fingerprint density at radius 1 is 0.833 bits per heavy atom. The number of carboxylic acids is 1. The van der Waals surface area contributed by atoms with Crippen molar-refractivity contribution in [3.05, 3.63) is 94.5 Å². The molecule has 2 amide bonds. The first-order valence-electron chi connectivity index (χ1n) is 9.01. The predicted octanol–water partition coefficient (Wildman–Crippen LogP) is 3.71. The molecule has 0 saturated heterocycles. The monoisotopic (exact) mass is 401 g/mol. The van der Waals surface area contributed by atoms with Gasteiger partial charge in [0.1, 0.15) is 5.75 Å². The van der Waals surface area contributed by atoms with Crippen LogP contribution in [0.4, 0.5) is 5.69 Å². The number of benzene rings is 3. The summed E-state index contributed by atoms with van der Waals surface area (Å²) in [6.45, 7) is 1.80. The molecule has 0 aliphatic carbocycles. The number of aromatic carboxylic acids is 1. The maximum atomic E-state index is 12.9. The van der Waals surface area contributed by atoms with Gasteiger partial charge in [0.05, 0.1) is 27.9 Å². The molecule has 0 unspecified atom stereocenters. The minimum Gasteiger partial charge on any atom is -0.478 e. The number of fused-ring (bicyclic) bond motifs is 1. The van der Waals surface area contributed by atoms with Crippen molar-refractivity contribution in [3.8, 4) is 5.75 Å². The number of para-hydroxylation sites is 1. The maximum Gasteiger partial charge on any atom is 0.343 e. The largest absolute Gasteiger partial charge is 0.478 e. The molecule has 0 radical (unpaired) electrons. The van der Waals surface area contributed by atoms with Gasteiger partial charge in [0.2, 0.25) is 0 Å². The first-order chi connectivity index (χ1) is 14.4. The fourth-order valence-electron chi connectivity index (χ4n) is 3.23. The number of esters is 1. The quantitative estimate of drug-likeness (QED) is 0.406. The number of ether oxygens (including phenoxy) is 1. The summed E-state index contributed by atoms with van der Waals surface area (Å²) in [6.07, 6.45) is 0. The van der Waals surface area contributed by atoms with Crippen LogP contribution in [-0.2, 0) is 0 Å². The second kappa shape index (κ2) is 7.29. The zero-order chi connectivity index (χ0) is 21.4. The predicted molar refractivity (Wildman–Crippen MR) is 107 cm³/mol. The molecule has 0 bridgehead atoms. The summed E-state index contributed by atoms with van der Waals surface area (Å²) >= 11 is 0. The van der Waals surface area contributed by atoms with E-state index in [1.165, 1.54) is 42.5 Å². The number of anilines is 1. The van der Waals surface area contributed by atoms with E-state index in [1.807, 2.05) is 6.07 Å². The molecule has 148 valence electrons. The third kappa shape index (κ3) is 3.22. The third-order valence-corrected chi connectivity index (χ3v) is 4.79. The highest BCUT2D eigenvalue weighted by Gasteiger charge is 2.37. The van der Waals surface area contributed by atoms with Crippen molar-refractivity contribution in [1.82, 2.24) is 0 Å². The van der Waals surface area contributed by atoms with Gasteiger partial charge in [0, 0.05) is 0 Å². The lowest BCUT2D eigenvalue weighted by atomic mass is 10.1. The molecule has 0 atom stereocenters. The van der Waals surface area contributed by atoms with Crippen LogP contribution < -0.4 is 9.64 Å². The second-order valence-electron chi connectivity index (χ2n) is 6.71. The lowest BCUT2D eigenvalue weighted by Gasteiger charge is -2.16. The van der Waals surface area contributed by atoms with E-state index in [4.69, 9.17) is 9.84 Å². The number of carbonyl (C=O) groups excluding carboxylic acids is 3. The molecule has 1 aliphatic rings. The number of carboxylic acid groups (broad SMARTS) is 1. The Morgan fingerprint density at radius 3 is 2.13 bits per heavy atom. The summed E-state index contributed by atoms with van der Waals surface area (Å²) in [7, 11) is 0. The number of nitrogens with zero attached hydrogens (tertiary/aromatic N) is 1. The average Bonchev–Trinajstić information content (AvgIpc) is 2.98. The summed E-state index contributed by atoms with van der Waals surface area (Å²) in [5.74, 6) is -2.61. The molecule has 0 spiro atoms. The van der Waals surface area contributed by atoms with Crippen molar-refractivity contribution in [2.75, 3.05) is 4.90 Å². The van der Waals surface area contributed by atoms with Gasteiger partial charge < -0.3 is 9.84 Å². The molecule has 0 fully saturated rings. The van der Waals surface area contributed by atoms with Crippen LogP contribution in [0.15, 0.2) is 66.7 Å². The number of rotatable bonds is 4. The zero-order valence-electron chi connectivity index (χ0n) is 15.8. The van der Waals surface area contributed by atoms with E-state index in [9.17, 15) is 19.2 Å². The van der Waals surface area contributed by atoms with Crippen LogP contribution in [0.5, 0.6) is 5.75 Å². The van der Waals surface area contributed by atoms with E-state index < -0.39 is 23.8 Å². The molecular formula is C23H15NO6. The lowest BCUT2D eigenvalue weighted by molar-refractivity contribution is 0.0695. The Kier molecular flexibility index (Phi) is 4.63. The summed E-state index contributed by atoms with van der Waals surface area (Å²) in [5, 5.41) is 8.92. The topological polar surface area (TPSA) is 101 Å². The first kappa shape index (κ1) is 19.1. The Balaban J connectivity index is 1.60. The molecular weight excluding hydrogens is 386 g/mol. The van der Waals surface area contributed by atoms with E-state index in [0.717, 1.165) is 10.5 Å². The molecule has 30 heavy (non-hydrogen) atoms. The van der Waals surface area contributed by atoms with Gasteiger partial charge in [-0.2, -0.15) is 0 Å². The Hall–Kier alpha value is -4.26. The number of aryl methyl sites for hydroxylation is 1. The van der Waals surface area contributed by atoms with Gasteiger partial charge in [0.15, 0.2) is 0 Å². The van der Waals surface area contributed by atoms with Crippen molar-refractivity contribution in [2.45, 2.75) is 6.92 Å². The summed E-state index contributed by atoms with van der Waals surface area (Å²) < 4.78 is 5.25. The van der Waals surface area contributed by atoms with Crippen molar-refractivity contribution >= 4 is 29.4 Å². The van der Waals surface area contributed by atoms with Crippen LogP contribution in [0.25, 0.3) is 0 Å². The Labute approximate surface area is 171 Å². The fourth-order valence-corrected chi connectivity index (χ4v) is 3.23. The molecule has 1 aliphatic heterocycles. The van der Waals surface area contributed by atoms with Crippen LogP contribution in [0, 0.1) is 6.92 Å². The first-order valence-corrected chi connectivity index (χ1v) is 9.01. The lowest BCUT2D eigenvalue weighted by Crippen LogP contribution is -2.29. The highest BCUT2D eigenvalue weighted by molar-refractivity contribution is 6.34. The molecule has 4 rings (SSSR count). The Bertz CT molecular complexity index is 1210. The minimum absolute atomic E-state index is 0.0627. The van der Waals surface area contributed by atoms with E-state index in [2.05, 4.69) is 0 Å². The zero-order valence-corrected chi connectivity index (χ0v) is 15.8. The molecule has 7 nitrogen and oxygen atoms in total. The SMILES string of the molecule is Cc1ccccc1N1C(=O)c2ccc(C(=O)Oc3ccc(C(=O)O)cc3)cc2C1=O. The molecule has 7 heteroatoms. The molecule has 3 aromatic rings. The number of hydrogen-bond donors (Lipinski definition) is 1. The summed E-state index contributed by atoms with van der Waals surface area (Å²) in [6, 6.07) is 16.6. The van der Waals surface area contributed by atoms with Crippen molar-refractivity contribution < 1.29 is 29.0 Å². The van der Waals surface area contributed by atoms with Crippen LogP contribution in [-0.4, -0.2) is 28.9 Å². The number of carbonyl (C=O) groups is 4. The molecule has 0 saturated carbocycles. The van der Waals surface area contributed by atoms with E-state index in [-0.39, 0.29) is 28.0 Å². The van der Waals surface area contributed by atoms with E-state index >= 15 is 0 Å². The molecule has 1 heterocycles. The van der Waals surface area contributed by atoms with Crippen LogP contribution in [0.3, 0.4) is 0 Å². The maximum absolute atomic E-state index is 12.9. The molecule has 0 aromatic heterocycles. The standard InChI is InChI=1S/C23H15NO6/c1-13-4-2-3-5-19(13)24-20(25)17-11-8-15(12-18(17)21(24)26)23(29)30-16-9-6-14(7-10-16)22(27)28/h2-12H,1H3,(H,27,28). The number of amides is 2. The van der Waals surface area contributed by atoms with Crippen LogP contribution in [0.2, 0.25) is 0 Å². The van der Waals surface area contributed by atoms with Crippen molar-refractivity contribution in [2.24, 2.45) is 0 Å². The highest BCUT2D eigenvalue weighted by Crippen LogP contribution is 2.31. The smallest absolute Gasteiger partial charge is 0.343 e. The van der Waals surface area contributed by atoms with Crippen LogP contribution >= 0.6 is 0 Å². The van der Waals surface area contributed by atoms with E-state index in [0.29, 0.717) is 5.69 Å². The normalized spacial score (nSPS) is 12.6. The summed E-state index contributed by atoms with van der Waals surface area (Å²) in [4.78, 5) is 50.1.